The highest BCUT2D eigenvalue weighted by Crippen LogP contribution is 2.39. The monoisotopic (exact) mass is 359 g/mol. The Morgan fingerprint density at radius 2 is 2.08 bits per heavy atom. The quantitative estimate of drug-likeness (QED) is 0.900. The van der Waals surface area contributed by atoms with Crippen LogP contribution in [-0.4, -0.2) is 12.7 Å². The van der Waals surface area contributed by atoms with Crippen LogP contribution in [0.2, 0.25) is 0 Å². The van der Waals surface area contributed by atoms with Crippen LogP contribution >= 0.6 is 23.1 Å². The van der Waals surface area contributed by atoms with Crippen LogP contribution in [0.25, 0.3) is 6.08 Å². The molecule has 0 unspecified atom stereocenters. The number of amides is 1. The Morgan fingerprint density at radius 1 is 1.25 bits per heavy atom. The van der Waals surface area contributed by atoms with E-state index in [1.54, 1.807) is 23.1 Å². The predicted octanol–water partition coefficient (Wildman–Crippen LogP) is 4.00. The number of rotatable bonds is 3. The molecule has 2 aliphatic heterocycles. The third-order valence-electron chi connectivity index (χ3n) is 4.29. The lowest BCUT2D eigenvalue weighted by atomic mass is 10.1. The number of thioether (sulfide) groups is 1. The largest absolute Gasteiger partial charge is 0.454 e. The minimum Gasteiger partial charge on any atom is -0.454 e. The van der Waals surface area contributed by atoms with Crippen molar-refractivity contribution in [1.29, 1.82) is 0 Å². The lowest BCUT2D eigenvalue weighted by molar-refractivity contribution is -0.116. The first-order chi connectivity index (χ1) is 11.6. The number of nitrogens with one attached hydrogen (secondary N) is 1. The van der Waals surface area contributed by atoms with Crippen molar-refractivity contribution in [2.24, 2.45) is 0 Å². The van der Waals surface area contributed by atoms with Crippen molar-refractivity contribution < 1.29 is 14.3 Å². The maximum atomic E-state index is 12.5. The number of thiophene rings is 1. The van der Waals surface area contributed by atoms with Gasteiger partial charge in [0.25, 0.3) is 5.91 Å². The molecule has 3 heterocycles. The molecule has 1 aromatic carbocycles. The van der Waals surface area contributed by atoms with E-state index in [9.17, 15) is 4.79 Å². The van der Waals surface area contributed by atoms with Gasteiger partial charge in [-0.3, -0.25) is 4.79 Å². The third-order valence-corrected chi connectivity index (χ3v) is 6.53. The molecule has 4 rings (SSSR count). The molecule has 124 valence electrons. The third kappa shape index (κ3) is 2.80. The molecule has 2 aliphatic rings. The van der Waals surface area contributed by atoms with Crippen LogP contribution < -0.4 is 14.8 Å². The van der Waals surface area contributed by atoms with E-state index in [0.29, 0.717) is 6.54 Å². The molecular weight excluding hydrogens is 342 g/mol. The van der Waals surface area contributed by atoms with Crippen molar-refractivity contribution >= 4 is 35.1 Å². The average Bonchev–Trinajstić information content (AvgIpc) is 3.16. The van der Waals surface area contributed by atoms with Gasteiger partial charge >= 0.3 is 0 Å². The van der Waals surface area contributed by atoms with Crippen molar-refractivity contribution in [3.63, 3.8) is 0 Å². The van der Waals surface area contributed by atoms with E-state index in [-0.39, 0.29) is 12.7 Å². The van der Waals surface area contributed by atoms with Gasteiger partial charge in [-0.15, -0.1) is 23.1 Å². The Balaban J connectivity index is 1.45. The van der Waals surface area contributed by atoms with Gasteiger partial charge in [0.2, 0.25) is 6.79 Å². The first-order valence-corrected chi connectivity index (χ1v) is 9.52. The molecule has 1 aromatic heterocycles. The number of hydrogen-bond acceptors (Lipinski definition) is 5. The molecule has 2 aromatic rings. The second-order valence-electron chi connectivity index (χ2n) is 5.79. The Hall–Kier alpha value is -1.92. The van der Waals surface area contributed by atoms with Crippen LogP contribution in [0.1, 0.15) is 26.4 Å². The summed E-state index contributed by atoms with van der Waals surface area (Å²) in [4.78, 5) is 15.8. The fourth-order valence-electron chi connectivity index (χ4n) is 2.76. The molecule has 6 heteroatoms. The maximum absolute atomic E-state index is 12.5. The van der Waals surface area contributed by atoms with Crippen molar-refractivity contribution in [2.45, 2.75) is 26.1 Å². The molecule has 0 spiro atoms. The average molecular weight is 359 g/mol. The highest BCUT2D eigenvalue weighted by molar-refractivity contribution is 8.03. The fraction of sp³-hybridized carbons (Fsp3) is 0.278. The van der Waals surface area contributed by atoms with Gasteiger partial charge in [0.1, 0.15) is 0 Å². The Labute approximate surface area is 148 Å². The van der Waals surface area contributed by atoms with E-state index in [1.807, 2.05) is 24.3 Å². The zero-order valence-corrected chi connectivity index (χ0v) is 15.1. The Kier molecular flexibility index (Phi) is 4.02. The van der Waals surface area contributed by atoms with Gasteiger partial charge in [-0.05, 0) is 48.7 Å². The van der Waals surface area contributed by atoms with Crippen LogP contribution in [0.15, 0.2) is 23.1 Å². The van der Waals surface area contributed by atoms with E-state index >= 15 is 0 Å². The summed E-state index contributed by atoms with van der Waals surface area (Å²) in [5, 5.41) is 2.99. The molecule has 0 radical (unpaired) electrons. The van der Waals surface area contributed by atoms with Crippen molar-refractivity contribution in [1.82, 2.24) is 5.32 Å². The molecule has 1 N–H and O–H groups in total. The summed E-state index contributed by atoms with van der Waals surface area (Å²) < 4.78 is 10.7. The summed E-state index contributed by atoms with van der Waals surface area (Å²) in [6.45, 7) is 5.03. The van der Waals surface area contributed by atoms with Crippen molar-refractivity contribution in [2.75, 3.05) is 6.79 Å². The van der Waals surface area contributed by atoms with E-state index < -0.39 is 0 Å². The van der Waals surface area contributed by atoms with Crippen LogP contribution in [0, 0.1) is 13.8 Å². The zero-order chi connectivity index (χ0) is 16.7. The molecular formula is C18H17NO3S2. The lowest BCUT2D eigenvalue weighted by Gasteiger charge is -2.14. The number of carbonyl (C=O) groups is 1. The first-order valence-electron chi connectivity index (χ1n) is 7.72. The second-order valence-corrected chi connectivity index (χ2v) is 8.07. The van der Waals surface area contributed by atoms with Crippen molar-refractivity contribution in [3.05, 3.63) is 49.5 Å². The molecule has 0 bridgehead atoms. The minimum absolute atomic E-state index is 0.0213. The minimum atomic E-state index is -0.0213. The van der Waals surface area contributed by atoms with Gasteiger partial charge in [0, 0.05) is 22.1 Å². The molecule has 0 saturated heterocycles. The van der Waals surface area contributed by atoms with E-state index in [4.69, 9.17) is 9.47 Å². The Morgan fingerprint density at radius 3 is 2.96 bits per heavy atom. The number of ether oxygens (including phenoxy) is 2. The van der Waals surface area contributed by atoms with Gasteiger partial charge in [0.05, 0.1) is 4.91 Å². The summed E-state index contributed by atoms with van der Waals surface area (Å²) in [6, 6.07) is 5.73. The van der Waals surface area contributed by atoms with Gasteiger partial charge in [-0.25, -0.2) is 0 Å². The normalized spacial score (nSPS) is 15.0. The van der Waals surface area contributed by atoms with Gasteiger partial charge < -0.3 is 14.8 Å². The molecule has 0 atom stereocenters. The van der Waals surface area contributed by atoms with Gasteiger partial charge in [-0.2, -0.15) is 0 Å². The predicted molar refractivity (Wildman–Crippen MR) is 97.5 cm³/mol. The molecule has 4 nitrogen and oxygen atoms in total. The molecule has 0 saturated carbocycles. The summed E-state index contributed by atoms with van der Waals surface area (Å²) in [5.41, 5.74) is 3.73. The lowest BCUT2D eigenvalue weighted by Crippen LogP contribution is -2.24. The SMILES string of the molecule is Cc1sc2c(c1C)CSC(C(=O)NCc1ccc3c(c1)OCO3)=C2. The molecule has 1 amide bonds. The number of benzene rings is 1. The van der Waals surface area contributed by atoms with E-state index in [2.05, 4.69) is 19.2 Å². The summed E-state index contributed by atoms with van der Waals surface area (Å²) in [6.07, 6.45) is 2.02. The van der Waals surface area contributed by atoms with Crippen LogP contribution in [0.4, 0.5) is 0 Å². The summed E-state index contributed by atoms with van der Waals surface area (Å²) in [5.74, 6) is 2.34. The number of carbonyl (C=O) groups excluding carboxylic acids is 1. The van der Waals surface area contributed by atoms with Crippen LogP contribution in [0.5, 0.6) is 11.5 Å². The maximum Gasteiger partial charge on any atom is 0.258 e. The van der Waals surface area contributed by atoms with Crippen molar-refractivity contribution in [3.8, 4) is 11.5 Å². The fourth-order valence-corrected chi connectivity index (χ4v) is 5.13. The zero-order valence-electron chi connectivity index (χ0n) is 13.5. The summed E-state index contributed by atoms with van der Waals surface area (Å²) >= 11 is 3.37. The number of aryl methyl sites for hydroxylation is 1. The summed E-state index contributed by atoms with van der Waals surface area (Å²) in [7, 11) is 0. The molecule has 0 fully saturated rings. The van der Waals surface area contributed by atoms with E-state index in [1.165, 1.54) is 20.9 Å². The second kappa shape index (κ2) is 6.18. The van der Waals surface area contributed by atoms with Gasteiger partial charge in [0.15, 0.2) is 11.5 Å². The highest BCUT2D eigenvalue weighted by atomic mass is 32.2. The van der Waals surface area contributed by atoms with E-state index in [0.717, 1.165) is 27.7 Å². The number of hydrogen-bond donors (Lipinski definition) is 1. The highest BCUT2D eigenvalue weighted by Gasteiger charge is 2.21. The van der Waals surface area contributed by atoms with Crippen LogP contribution in [-0.2, 0) is 17.1 Å². The molecule has 0 aliphatic carbocycles. The first kappa shape index (κ1) is 15.6. The molecule has 24 heavy (non-hydrogen) atoms. The standard InChI is InChI=1S/C18H17NO3S2/c1-10-11(2)24-16-6-17(23-8-13(10)16)18(20)19-7-12-3-4-14-15(5-12)22-9-21-14/h3-6H,7-9H2,1-2H3,(H,19,20). The topological polar surface area (TPSA) is 47.6 Å². The van der Waals surface area contributed by atoms with Crippen LogP contribution in [0.3, 0.4) is 0 Å². The smallest absolute Gasteiger partial charge is 0.258 e. The number of fused-ring (bicyclic) bond motifs is 2. The van der Waals surface area contributed by atoms with Gasteiger partial charge in [-0.1, -0.05) is 6.07 Å². The Bertz CT molecular complexity index is 854.